The molecule has 1 aliphatic rings. The van der Waals surface area contributed by atoms with Crippen LogP contribution in [0.25, 0.3) is 11.6 Å². The molecule has 1 aliphatic carbocycles. The second-order valence-electron chi connectivity index (χ2n) is 5.16. The second kappa shape index (κ2) is 6.24. The number of fused-ring (bicyclic) bond motifs is 1. The maximum absolute atomic E-state index is 10.6. The number of aliphatic hydroxyl groups excluding tert-OH is 1. The molecule has 0 saturated heterocycles. The van der Waals surface area contributed by atoms with Gasteiger partial charge in [-0.1, -0.05) is 30.3 Å². The number of hydrogen-bond donors (Lipinski definition) is 1. The Balaban J connectivity index is 2.02. The molecule has 2 aromatic rings. The van der Waals surface area contributed by atoms with Crippen molar-refractivity contribution < 1.29 is 14.6 Å². The Morgan fingerprint density at radius 1 is 0.955 bits per heavy atom. The summed E-state index contributed by atoms with van der Waals surface area (Å²) in [5.74, 6) is 1.41. The van der Waals surface area contributed by atoms with Crippen molar-refractivity contribution in [1.29, 1.82) is 0 Å². The molecule has 22 heavy (non-hydrogen) atoms. The van der Waals surface area contributed by atoms with Crippen LogP contribution in [0.4, 0.5) is 0 Å². The van der Waals surface area contributed by atoms with Crippen LogP contribution in [0.5, 0.6) is 11.5 Å². The summed E-state index contributed by atoms with van der Waals surface area (Å²) in [5, 5.41) is 10.6. The van der Waals surface area contributed by atoms with Crippen LogP contribution >= 0.6 is 0 Å². The lowest BCUT2D eigenvalue weighted by atomic mass is 10.0. The fraction of sp³-hybridized carbons (Fsp3) is 0.263. The van der Waals surface area contributed by atoms with Gasteiger partial charge in [-0.15, -0.1) is 0 Å². The minimum absolute atomic E-state index is 0.563. The Hall–Kier alpha value is -2.26. The lowest BCUT2D eigenvalue weighted by molar-refractivity contribution is 0.239. The summed E-state index contributed by atoms with van der Waals surface area (Å²) >= 11 is 0. The van der Waals surface area contributed by atoms with Crippen molar-refractivity contribution in [1.82, 2.24) is 0 Å². The van der Waals surface area contributed by atoms with Gasteiger partial charge < -0.3 is 14.6 Å². The van der Waals surface area contributed by atoms with Crippen LogP contribution in [-0.4, -0.2) is 18.3 Å². The molecule has 0 amide bonds. The number of ether oxygens (including phenoxy) is 2. The van der Waals surface area contributed by atoms with E-state index >= 15 is 0 Å². The van der Waals surface area contributed by atoms with Crippen molar-refractivity contribution in [2.75, 3.05) is 13.2 Å². The van der Waals surface area contributed by atoms with E-state index in [4.69, 9.17) is 9.47 Å². The highest BCUT2D eigenvalue weighted by molar-refractivity contribution is 5.91. The van der Waals surface area contributed by atoms with Crippen molar-refractivity contribution >= 4 is 11.6 Å². The number of hydrogen-bond acceptors (Lipinski definition) is 3. The van der Waals surface area contributed by atoms with E-state index < -0.39 is 6.10 Å². The lowest BCUT2D eigenvalue weighted by Gasteiger charge is -2.15. The molecule has 3 rings (SSSR count). The van der Waals surface area contributed by atoms with Crippen LogP contribution in [-0.2, 0) is 0 Å². The zero-order valence-corrected chi connectivity index (χ0v) is 12.9. The molecule has 1 N–H and O–H groups in total. The standard InChI is InChI=1S/C19H20O3/c1-3-21-17-11-14-10-15(13-8-6-5-7-9-13)19(20)16(14)12-18(17)22-4-2/h5-12,19-20H,3-4H2,1-2H3. The molecule has 114 valence electrons. The predicted octanol–water partition coefficient (Wildman–Crippen LogP) is 4.07. The summed E-state index contributed by atoms with van der Waals surface area (Å²) in [6.07, 6.45) is 1.39. The highest BCUT2D eigenvalue weighted by atomic mass is 16.5. The first-order chi connectivity index (χ1) is 10.7. The smallest absolute Gasteiger partial charge is 0.161 e. The van der Waals surface area contributed by atoms with Gasteiger partial charge in [0, 0.05) is 0 Å². The normalized spacial score (nSPS) is 16.1. The third-order valence-electron chi connectivity index (χ3n) is 3.76. The molecule has 3 nitrogen and oxygen atoms in total. The van der Waals surface area contributed by atoms with Gasteiger partial charge in [-0.25, -0.2) is 0 Å². The van der Waals surface area contributed by atoms with Gasteiger partial charge in [0.25, 0.3) is 0 Å². The van der Waals surface area contributed by atoms with Crippen LogP contribution in [0, 0.1) is 0 Å². The number of aliphatic hydroxyl groups is 1. The summed E-state index contributed by atoms with van der Waals surface area (Å²) < 4.78 is 11.3. The molecular formula is C19H20O3. The Morgan fingerprint density at radius 3 is 2.23 bits per heavy atom. The predicted molar refractivity (Wildman–Crippen MR) is 88.1 cm³/mol. The molecule has 0 aromatic heterocycles. The molecule has 0 saturated carbocycles. The molecule has 0 spiro atoms. The fourth-order valence-electron chi connectivity index (χ4n) is 2.78. The van der Waals surface area contributed by atoms with Crippen molar-refractivity contribution in [2.45, 2.75) is 20.0 Å². The van der Waals surface area contributed by atoms with E-state index in [1.54, 1.807) is 0 Å². The van der Waals surface area contributed by atoms with Gasteiger partial charge in [-0.2, -0.15) is 0 Å². The zero-order chi connectivity index (χ0) is 15.5. The Labute approximate surface area is 130 Å². The number of rotatable bonds is 5. The topological polar surface area (TPSA) is 38.7 Å². The average molecular weight is 296 g/mol. The molecule has 0 fully saturated rings. The van der Waals surface area contributed by atoms with Gasteiger partial charge in [-0.05, 0) is 54.3 Å². The maximum atomic E-state index is 10.6. The molecule has 0 heterocycles. The molecule has 0 radical (unpaired) electrons. The molecule has 2 aromatic carbocycles. The summed E-state index contributed by atoms with van der Waals surface area (Å²) in [6.45, 7) is 5.03. The zero-order valence-electron chi connectivity index (χ0n) is 12.9. The van der Waals surface area contributed by atoms with E-state index in [1.165, 1.54) is 0 Å². The maximum Gasteiger partial charge on any atom is 0.161 e. The van der Waals surface area contributed by atoms with Crippen LogP contribution in [0.2, 0.25) is 0 Å². The quantitative estimate of drug-likeness (QED) is 0.904. The minimum atomic E-state index is -0.632. The molecule has 3 heteroatoms. The van der Waals surface area contributed by atoms with Gasteiger partial charge >= 0.3 is 0 Å². The average Bonchev–Trinajstić information content (AvgIpc) is 2.86. The fourth-order valence-corrected chi connectivity index (χ4v) is 2.78. The lowest BCUT2D eigenvalue weighted by Crippen LogP contribution is -2.02. The van der Waals surface area contributed by atoms with Crippen LogP contribution in [0.1, 0.15) is 36.6 Å². The highest BCUT2D eigenvalue weighted by Gasteiger charge is 2.26. The van der Waals surface area contributed by atoms with Crippen LogP contribution in [0.3, 0.4) is 0 Å². The molecule has 0 bridgehead atoms. The van der Waals surface area contributed by atoms with E-state index in [2.05, 4.69) is 0 Å². The van der Waals surface area contributed by atoms with E-state index in [-0.39, 0.29) is 0 Å². The van der Waals surface area contributed by atoms with Crippen molar-refractivity contribution in [3.05, 3.63) is 59.2 Å². The first kappa shape index (κ1) is 14.7. The Bertz CT molecular complexity index is 689. The van der Waals surface area contributed by atoms with E-state index in [0.29, 0.717) is 19.0 Å². The molecule has 1 unspecified atom stereocenters. The third-order valence-corrected chi connectivity index (χ3v) is 3.76. The van der Waals surface area contributed by atoms with Gasteiger partial charge in [0.2, 0.25) is 0 Å². The highest BCUT2D eigenvalue weighted by Crippen LogP contribution is 2.44. The van der Waals surface area contributed by atoms with Crippen LogP contribution in [0.15, 0.2) is 42.5 Å². The van der Waals surface area contributed by atoms with Crippen molar-refractivity contribution in [2.24, 2.45) is 0 Å². The SMILES string of the molecule is CCOc1cc2c(cc1OCC)C(O)C(c1ccccc1)=C2. The van der Waals surface area contributed by atoms with Crippen molar-refractivity contribution in [3.63, 3.8) is 0 Å². The van der Waals surface area contributed by atoms with Crippen molar-refractivity contribution in [3.8, 4) is 11.5 Å². The Kier molecular flexibility index (Phi) is 4.16. The molecule has 0 aliphatic heterocycles. The van der Waals surface area contributed by atoms with E-state index in [0.717, 1.165) is 28.0 Å². The monoisotopic (exact) mass is 296 g/mol. The third kappa shape index (κ3) is 2.60. The van der Waals surface area contributed by atoms with Gasteiger partial charge in [0.05, 0.1) is 13.2 Å². The molecular weight excluding hydrogens is 276 g/mol. The summed E-state index contributed by atoms with van der Waals surface area (Å²) in [4.78, 5) is 0. The first-order valence-corrected chi connectivity index (χ1v) is 7.63. The first-order valence-electron chi connectivity index (χ1n) is 7.63. The summed E-state index contributed by atoms with van der Waals surface area (Å²) in [7, 11) is 0. The largest absolute Gasteiger partial charge is 0.490 e. The number of benzene rings is 2. The molecule has 1 atom stereocenters. The van der Waals surface area contributed by atoms with Crippen LogP contribution < -0.4 is 9.47 Å². The summed E-state index contributed by atoms with van der Waals surface area (Å²) in [5.41, 5.74) is 3.79. The van der Waals surface area contributed by atoms with Gasteiger partial charge in [-0.3, -0.25) is 0 Å². The van der Waals surface area contributed by atoms with Gasteiger partial charge in [0.15, 0.2) is 11.5 Å². The Morgan fingerprint density at radius 2 is 1.59 bits per heavy atom. The van der Waals surface area contributed by atoms with E-state index in [9.17, 15) is 5.11 Å². The van der Waals surface area contributed by atoms with E-state index in [1.807, 2.05) is 62.4 Å². The van der Waals surface area contributed by atoms with Gasteiger partial charge in [0.1, 0.15) is 6.10 Å². The second-order valence-corrected chi connectivity index (χ2v) is 5.16. The minimum Gasteiger partial charge on any atom is -0.490 e. The summed E-state index contributed by atoms with van der Waals surface area (Å²) in [6, 6.07) is 13.8.